The molecule has 0 spiro atoms. The number of hydrogen-bond donors (Lipinski definition) is 1. The summed E-state index contributed by atoms with van der Waals surface area (Å²) in [5.74, 6) is -0.643. The smallest absolute Gasteiger partial charge is 0.299 e. The summed E-state index contributed by atoms with van der Waals surface area (Å²) in [7, 11) is 0. The van der Waals surface area contributed by atoms with Crippen molar-refractivity contribution in [2.24, 2.45) is 0 Å². The Hall–Kier alpha value is -3.62. The molecule has 0 saturated carbocycles. The number of hydrogen-bond acceptors (Lipinski definition) is 15. The molecular weight excluding hydrogens is 616 g/mol. The number of ether oxygens (including phenoxy) is 8. The lowest BCUT2D eigenvalue weighted by molar-refractivity contribution is -0.393. The Morgan fingerprint density at radius 2 is 0.957 bits per heavy atom. The zero-order chi connectivity index (χ0) is 33.2. The number of anilines is 1. The Morgan fingerprint density at radius 1 is 0.565 bits per heavy atom. The number of carbonyl (C=O) groups is 2. The molecule has 0 aromatic heterocycles. The molecule has 0 fully saturated rings. The van der Waals surface area contributed by atoms with Gasteiger partial charge in [0, 0.05) is 24.8 Å². The molecule has 0 radical (unpaired) electrons. The number of nitro benzene ring substituents is 2. The van der Waals surface area contributed by atoms with Gasteiger partial charge in [-0.2, -0.15) is 0 Å². The Kier molecular flexibility index (Phi) is 20.6. The van der Waals surface area contributed by atoms with E-state index in [1.807, 2.05) is 0 Å². The predicted molar refractivity (Wildman–Crippen MR) is 161 cm³/mol. The topological polar surface area (TPSA) is 210 Å². The monoisotopic (exact) mass is 658 g/mol. The molecule has 18 heteroatoms. The summed E-state index contributed by atoms with van der Waals surface area (Å²) in [6.45, 7) is 6.68. The van der Waals surface area contributed by atoms with E-state index in [4.69, 9.17) is 37.9 Å². The van der Waals surface area contributed by atoms with Gasteiger partial charge in [0.05, 0.1) is 128 Å². The van der Waals surface area contributed by atoms with Crippen LogP contribution in [0.25, 0.3) is 0 Å². The molecule has 46 heavy (non-hydrogen) atoms. The van der Waals surface area contributed by atoms with E-state index < -0.39 is 9.85 Å². The van der Waals surface area contributed by atoms with Gasteiger partial charge in [0.1, 0.15) is 5.69 Å². The Labute approximate surface area is 266 Å². The number of benzene rings is 1. The van der Waals surface area contributed by atoms with Crippen molar-refractivity contribution in [3.05, 3.63) is 50.6 Å². The lowest BCUT2D eigenvalue weighted by Crippen LogP contribution is -2.33. The summed E-state index contributed by atoms with van der Waals surface area (Å²) in [5, 5.41) is 24.8. The van der Waals surface area contributed by atoms with E-state index in [2.05, 4.69) is 5.32 Å². The maximum atomic E-state index is 11.4. The van der Waals surface area contributed by atoms with Gasteiger partial charge in [-0.1, -0.05) is 0 Å². The average Bonchev–Trinajstić information content (AvgIpc) is 3.36. The first kappa shape index (κ1) is 38.6. The van der Waals surface area contributed by atoms with Crippen LogP contribution in [0.1, 0.15) is 0 Å². The van der Waals surface area contributed by atoms with Crippen molar-refractivity contribution in [3.63, 3.8) is 0 Å². The number of carbonyl (C=O) groups excluding carboxylic acids is 2. The van der Waals surface area contributed by atoms with Crippen molar-refractivity contribution in [3.8, 4) is 0 Å². The minimum absolute atomic E-state index is 0.179. The zero-order valence-corrected chi connectivity index (χ0v) is 25.7. The molecule has 258 valence electrons. The lowest BCUT2D eigenvalue weighted by Gasteiger charge is -2.13. The van der Waals surface area contributed by atoms with Crippen LogP contribution in [0.3, 0.4) is 0 Å². The van der Waals surface area contributed by atoms with Crippen molar-refractivity contribution >= 4 is 28.9 Å². The second-order valence-electron chi connectivity index (χ2n) is 9.20. The molecule has 2 rings (SSSR count). The molecule has 1 aliphatic heterocycles. The first-order valence-corrected chi connectivity index (χ1v) is 14.7. The second-order valence-corrected chi connectivity index (χ2v) is 9.20. The molecule has 1 aliphatic rings. The molecule has 1 heterocycles. The van der Waals surface area contributed by atoms with Crippen LogP contribution in [0.5, 0.6) is 0 Å². The number of amides is 2. The van der Waals surface area contributed by atoms with Crippen LogP contribution >= 0.6 is 0 Å². The maximum absolute atomic E-state index is 11.4. The highest BCUT2D eigenvalue weighted by Crippen LogP contribution is 2.28. The number of nitrogens with zero attached hydrogens (tertiary/aromatic N) is 3. The Morgan fingerprint density at radius 3 is 1.35 bits per heavy atom. The molecule has 18 nitrogen and oxygen atoms in total. The van der Waals surface area contributed by atoms with Crippen LogP contribution in [0.2, 0.25) is 0 Å². The first-order valence-electron chi connectivity index (χ1n) is 14.7. The van der Waals surface area contributed by atoms with Crippen molar-refractivity contribution < 1.29 is 57.3 Å². The van der Waals surface area contributed by atoms with Crippen LogP contribution in [0.15, 0.2) is 30.4 Å². The van der Waals surface area contributed by atoms with E-state index in [1.54, 1.807) is 0 Å². The molecule has 0 bridgehead atoms. The minimum atomic E-state index is -0.687. The quantitative estimate of drug-likeness (QED) is 0.0528. The number of rotatable bonds is 30. The van der Waals surface area contributed by atoms with Gasteiger partial charge in [-0.25, -0.2) is 0 Å². The van der Waals surface area contributed by atoms with Gasteiger partial charge in [0.15, 0.2) is 0 Å². The average molecular weight is 659 g/mol. The highest BCUT2D eigenvalue weighted by Gasteiger charge is 2.22. The van der Waals surface area contributed by atoms with E-state index in [1.165, 1.54) is 24.3 Å². The van der Waals surface area contributed by atoms with Crippen LogP contribution < -0.4 is 5.32 Å². The molecule has 0 aliphatic carbocycles. The van der Waals surface area contributed by atoms with Crippen molar-refractivity contribution in [2.45, 2.75) is 0 Å². The molecule has 1 aromatic rings. The standard InChI is InChI=1S/C28H42N4O14/c33-27-3-4-28(34)30(27)6-8-40-10-12-42-14-16-44-18-20-46-22-21-45-19-17-43-15-13-41-11-9-39-7-5-29-25-2-1-24(31(35)36)23-26(25)32(37)38/h1-4,23,29H,5-22H2. The highest BCUT2D eigenvalue weighted by molar-refractivity contribution is 6.12. The van der Waals surface area contributed by atoms with Gasteiger partial charge in [-0.15, -0.1) is 0 Å². The lowest BCUT2D eigenvalue weighted by atomic mass is 10.2. The summed E-state index contributed by atoms with van der Waals surface area (Å²) < 4.78 is 43.2. The largest absolute Gasteiger partial charge is 0.377 e. The molecular formula is C28H42N4O14. The zero-order valence-electron chi connectivity index (χ0n) is 25.7. The van der Waals surface area contributed by atoms with Crippen molar-refractivity contribution in [1.82, 2.24) is 4.90 Å². The maximum Gasteiger partial charge on any atom is 0.299 e. The van der Waals surface area contributed by atoms with Crippen molar-refractivity contribution in [1.29, 1.82) is 0 Å². The van der Waals surface area contributed by atoms with Crippen LogP contribution in [-0.2, 0) is 47.5 Å². The molecule has 0 unspecified atom stereocenters. The first-order chi connectivity index (χ1) is 22.4. The second kappa shape index (κ2) is 24.6. The fourth-order valence-corrected chi connectivity index (χ4v) is 3.64. The molecule has 0 saturated heterocycles. The third-order valence-electron chi connectivity index (χ3n) is 5.91. The van der Waals surface area contributed by atoms with E-state index in [9.17, 15) is 29.8 Å². The third-order valence-corrected chi connectivity index (χ3v) is 5.91. The summed E-state index contributed by atoms with van der Waals surface area (Å²) in [5.41, 5.74) is -0.545. The molecule has 2 amide bonds. The van der Waals surface area contributed by atoms with Crippen LogP contribution in [-0.4, -0.2) is 145 Å². The summed E-state index contributed by atoms with van der Waals surface area (Å²) >= 11 is 0. The normalized spacial score (nSPS) is 12.7. The van der Waals surface area contributed by atoms with E-state index >= 15 is 0 Å². The van der Waals surface area contributed by atoms with Gasteiger partial charge in [-0.05, 0) is 6.07 Å². The summed E-state index contributed by atoms with van der Waals surface area (Å²) in [6.07, 6.45) is 2.48. The van der Waals surface area contributed by atoms with Crippen molar-refractivity contribution in [2.75, 3.05) is 124 Å². The SMILES string of the molecule is O=C1C=CC(=O)N1CCOCCOCCOCCOCCOCCOCCOCCOCCNc1ccc([N+](=O)[O-])cc1[N+](=O)[O-]. The third kappa shape index (κ3) is 17.2. The number of non-ortho nitro benzene ring substituents is 1. The van der Waals surface area contributed by atoms with Gasteiger partial charge >= 0.3 is 0 Å². The fraction of sp³-hybridized carbons (Fsp3) is 0.643. The van der Waals surface area contributed by atoms with Gasteiger partial charge in [0.2, 0.25) is 0 Å². The molecule has 0 atom stereocenters. The fourth-order valence-electron chi connectivity index (χ4n) is 3.64. The van der Waals surface area contributed by atoms with Gasteiger partial charge in [0.25, 0.3) is 23.2 Å². The van der Waals surface area contributed by atoms with E-state index in [0.29, 0.717) is 92.5 Å². The Balaban J connectivity index is 1.24. The van der Waals surface area contributed by atoms with Gasteiger partial charge < -0.3 is 43.2 Å². The molecule has 1 N–H and O–H groups in total. The minimum Gasteiger partial charge on any atom is -0.377 e. The number of nitrogens with one attached hydrogen (secondary N) is 1. The highest BCUT2D eigenvalue weighted by atomic mass is 16.6. The predicted octanol–water partition coefficient (Wildman–Crippen LogP) is 0.973. The Bertz CT molecular complexity index is 1070. The van der Waals surface area contributed by atoms with E-state index in [0.717, 1.165) is 11.0 Å². The van der Waals surface area contributed by atoms with Gasteiger partial charge in [-0.3, -0.25) is 34.7 Å². The molecule has 1 aromatic carbocycles. The van der Waals surface area contributed by atoms with E-state index in [-0.39, 0.29) is 55.2 Å². The number of imide groups is 1. The van der Waals surface area contributed by atoms with Crippen LogP contribution in [0, 0.1) is 20.2 Å². The summed E-state index contributed by atoms with van der Waals surface area (Å²) in [6, 6.07) is 3.41. The number of nitro groups is 2. The summed E-state index contributed by atoms with van der Waals surface area (Å²) in [4.78, 5) is 44.5. The van der Waals surface area contributed by atoms with Crippen LogP contribution in [0.4, 0.5) is 17.1 Å².